The van der Waals surface area contributed by atoms with Crippen LogP contribution in [-0.4, -0.2) is 27.3 Å². The Bertz CT molecular complexity index is 396. The first-order chi connectivity index (χ1) is 7.41. The Labute approximate surface area is 101 Å². The molecule has 0 fully saturated rings. The predicted octanol–water partition coefficient (Wildman–Crippen LogP) is 0.424. The zero-order valence-corrected chi connectivity index (χ0v) is 9.89. The molecular formula is C10H12BrNO4. The van der Waals surface area contributed by atoms with E-state index in [2.05, 4.69) is 15.9 Å². The van der Waals surface area contributed by atoms with Crippen LogP contribution in [0.3, 0.4) is 0 Å². The van der Waals surface area contributed by atoms with Crippen LogP contribution >= 0.6 is 15.9 Å². The number of carbonyl (C=O) groups excluding carboxylic acids is 1. The summed E-state index contributed by atoms with van der Waals surface area (Å²) in [6.45, 7) is 0. The topological polar surface area (TPSA) is 104 Å². The maximum Gasteiger partial charge on any atom is 0.220 e. The molecule has 0 radical (unpaired) electrons. The monoisotopic (exact) mass is 289 g/mol. The number of primary amides is 1. The van der Waals surface area contributed by atoms with Gasteiger partial charge in [-0.25, -0.2) is 0 Å². The van der Waals surface area contributed by atoms with Crippen LogP contribution in [0.15, 0.2) is 22.7 Å². The summed E-state index contributed by atoms with van der Waals surface area (Å²) in [4.78, 5) is 10.6. The third kappa shape index (κ3) is 3.19. The van der Waals surface area contributed by atoms with Crippen molar-refractivity contribution in [1.29, 1.82) is 0 Å². The maximum atomic E-state index is 10.6. The summed E-state index contributed by atoms with van der Waals surface area (Å²) in [6.07, 6.45) is -3.06. The minimum atomic E-state index is -1.36. The first-order valence-electron chi connectivity index (χ1n) is 4.54. The Kier molecular flexibility index (Phi) is 4.28. The molecule has 5 nitrogen and oxygen atoms in total. The molecule has 6 heteroatoms. The summed E-state index contributed by atoms with van der Waals surface area (Å²) in [5.74, 6) is -0.875. The number of aromatic hydroxyl groups is 1. The number of nitrogens with two attached hydrogens (primary N) is 1. The number of hydrogen-bond donors (Lipinski definition) is 4. The molecule has 0 aliphatic heterocycles. The zero-order valence-electron chi connectivity index (χ0n) is 8.30. The van der Waals surface area contributed by atoms with Gasteiger partial charge in [-0.3, -0.25) is 4.79 Å². The summed E-state index contributed by atoms with van der Waals surface area (Å²) in [6, 6.07) is 4.43. The van der Waals surface area contributed by atoms with Crippen molar-refractivity contribution < 1.29 is 20.1 Å². The molecule has 1 aromatic rings. The molecule has 88 valence electrons. The normalized spacial score (nSPS) is 14.4. The highest BCUT2D eigenvalue weighted by Gasteiger charge is 2.23. The van der Waals surface area contributed by atoms with E-state index in [1.165, 1.54) is 12.1 Å². The predicted molar refractivity (Wildman–Crippen MR) is 60.6 cm³/mol. The molecule has 0 aromatic heterocycles. The van der Waals surface area contributed by atoms with Crippen molar-refractivity contribution in [2.45, 2.75) is 18.6 Å². The van der Waals surface area contributed by atoms with E-state index in [4.69, 9.17) is 5.73 Å². The second-order valence-electron chi connectivity index (χ2n) is 3.39. The lowest BCUT2D eigenvalue weighted by Gasteiger charge is -2.18. The molecule has 5 N–H and O–H groups in total. The molecule has 2 atom stereocenters. The molecule has 1 aromatic carbocycles. The molecule has 1 rings (SSSR count). The summed E-state index contributed by atoms with van der Waals surface area (Å²) < 4.78 is 0.644. The summed E-state index contributed by atoms with van der Waals surface area (Å²) in [7, 11) is 0. The van der Waals surface area contributed by atoms with Crippen molar-refractivity contribution in [2.75, 3.05) is 0 Å². The van der Waals surface area contributed by atoms with E-state index in [9.17, 15) is 20.1 Å². The maximum absolute atomic E-state index is 10.6. The first kappa shape index (κ1) is 13.0. The minimum absolute atomic E-state index is 0.142. The lowest BCUT2D eigenvalue weighted by Crippen LogP contribution is -2.25. The molecule has 0 saturated heterocycles. The third-order valence-electron chi connectivity index (χ3n) is 2.08. The van der Waals surface area contributed by atoms with Crippen LogP contribution in [0.2, 0.25) is 0 Å². The van der Waals surface area contributed by atoms with Crippen molar-refractivity contribution in [3.63, 3.8) is 0 Å². The van der Waals surface area contributed by atoms with Crippen LogP contribution < -0.4 is 5.73 Å². The number of carbonyl (C=O) groups is 1. The number of hydrogen-bond acceptors (Lipinski definition) is 4. The van der Waals surface area contributed by atoms with E-state index >= 15 is 0 Å². The Morgan fingerprint density at radius 2 is 2.06 bits per heavy atom. The Morgan fingerprint density at radius 3 is 2.62 bits per heavy atom. The molecule has 0 spiro atoms. The van der Waals surface area contributed by atoms with Gasteiger partial charge in [-0.2, -0.15) is 0 Å². The Balaban J connectivity index is 2.90. The van der Waals surface area contributed by atoms with E-state index in [1.807, 2.05) is 0 Å². The van der Waals surface area contributed by atoms with Crippen LogP contribution in [0, 0.1) is 0 Å². The van der Waals surface area contributed by atoms with Gasteiger partial charge in [0, 0.05) is 10.0 Å². The van der Waals surface area contributed by atoms with Gasteiger partial charge in [0.25, 0.3) is 0 Å². The number of halogens is 1. The highest BCUT2D eigenvalue weighted by molar-refractivity contribution is 9.10. The number of phenols is 1. The Morgan fingerprint density at radius 1 is 1.44 bits per heavy atom. The first-order valence-corrected chi connectivity index (χ1v) is 5.34. The largest absolute Gasteiger partial charge is 0.508 e. The molecule has 0 aliphatic rings. The number of aliphatic hydroxyl groups excluding tert-OH is 2. The second-order valence-corrected chi connectivity index (χ2v) is 4.30. The average molecular weight is 290 g/mol. The van der Waals surface area contributed by atoms with Gasteiger partial charge < -0.3 is 21.1 Å². The minimum Gasteiger partial charge on any atom is -0.508 e. The van der Waals surface area contributed by atoms with Crippen molar-refractivity contribution in [3.05, 3.63) is 28.2 Å². The van der Waals surface area contributed by atoms with Crippen LogP contribution in [0.25, 0.3) is 0 Å². The fraction of sp³-hybridized carbons (Fsp3) is 0.300. The fourth-order valence-electron chi connectivity index (χ4n) is 1.29. The van der Waals surface area contributed by atoms with Gasteiger partial charge in [-0.05, 0) is 18.2 Å². The summed E-state index contributed by atoms with van der Waals surface area (Å²) >= 11 is 3.17. The summed E-state index contributed by atoms with van der Waals surface area (Å²) in [5, 5.41) is 28.7. The van der Waals surface area contributed by atoms with Gasteiger partial charge in [0.1, 0.15) is 11.9 Å². The van der Waals surface area contributed by atoms with Gasteiger partial charge in [-0.15, -0.1) is 0 Å². The second kappa shape index (κ2) is 5.29. The molecule has 2 unspecified atom stereocenters. The molecule has 1 amide bonds. The van der Waals surface area contributed by atoms with Crippen molar-refractivity contribution in [3.8, 4) is 5.75 Å². The summed E-state index contributed by atoms with van der Waals surface area (Å²) in [5.41, 5.74) is 5.04. The highest BCUT2D eigenvalue weighted by Crippen LogP contribution is 2.30. The van der Waals surface area contributed by atoms with Gasteiger partial charge >= 0.3 is 0 Å². The van der Waals surface area contributed by atoms with Crippen LogP contribution in [0.4, 0.5) is 0 Å². The third-order valence-corrected chi connectivity index (χ3v) is 2.58. The van der Waals surface area contributed by atoms with Gasteiger partial charge in [0.05, 0.1) is 12.5 Å². The van der Waals surface area contributed by atoms with Crippen LogP contribution in [-0.2, 0) is 4.79 Å². The number of aliphatic hydroxyl groups is 2. The van der Waals surface area contributed by atoms with Crippen LogP contribution in [0.1, 0.15) is 18.1 Å². The lowest BCUT2D eigenvalue weighted by molar-refractivity contribution is -0.121. The molecular weight excluding hydrogens is 278 g/mol. The lowest BCUT2D eigenvalue weighted by atomic mass is 10.0. The molecule has 0 heterocycles. The standard InChI is InChI=1S/C10H12BrNO4/c11-5-1-2-7(13)6(3-5)10(16)8(14)4-9(12)15/h1-3,8,10,13-14,16H,4H2,(H2,12,15). The van der Waals surface area contributed by atoms with Crippen molar-refractivity contribution in [1.82, 2.24) is 0 Å². The number of phenolic OH excluding ortho intramolecular Hbond substituents is 1. The van der Waals surface area contributed by atoms with E-state index < -0.39 is 18.1 Å². The number of amides is 1. The van der Waals surface area contributed by atoms with Gasteiger partial charge in [0.2, 0.25) is 5.91 Å². The van der Waals surface area contributed by atoms with Crippen molar-refractivity contribution in [2.24, 2.45) is 5.73 Å². The van der Waals surface area contributed by atoms with Gasteiger partial charge in [0.15, 0.2) is 0 Å². The SMILES string of the molecule is NC(=O)CC(O)C(O)c1cc(Br)ccc1O. The smallest absolute Gasteiger partial charge is 0.220 e. The number of benzene rings is 1. The Hall–Kier alpha value is -1.11. The van der Waals surface area contributed by atoms with Crippen LogP contribution in [0.5, 0.6) is 5.75 Å². The highest BCUT2D eigenvalue weighted by atomic mass is 79.9. The average Bonchev–Trinajstić information content (AvgIpc) is 2.19. The fourth-order valence-corrected chi connectivity index (χ4v) is 1.67. The van der Waals surface area contributed by atoms with E-state index in [-0.39, 0.29) is 17.7 Å². The van der Waals surface area contributed by atoms with E-state index in [1.54, 1.807) is 6.07 Å². The van der Waals surface area contributed by atoms with Gasteiger partial charge in [-0.1, -0.05) is 15.9 Å². The van der Waals surface area contributed by atoms with Crippen molar-refractivity contribution >= 4 is 21.8 Å². The molecule has 16 heavy (non-hydrogen) atoms. The quantitative estimate of drug-likeness (QED) is 0.645. The van der Waals surface area contributed by atoms with E-state index in [0.29, 0.717) is 4.47 Å². The molecule has 0 saturated carbocycles. The van der Waals surface area contributed by atoms with E-state index in [0.717, 1.165) is 0 Å². The molecule has 0 aliphatic carbocycles. The molecule has 0 bridgehead atoms. The number of rotatable bonds is 4. The zero-order chi connectivity index (χ0) is 12.3.